The Balaban J connectivity index is 5.21. The number of aliphatic hydroxyl groups is 1. The molecular formula is C80H156O17P2. The number of hydrogen-bond acceptors (Lipinski definition) is 15. The number of unbranched alkanes of at least 4 members (excludes halogenated alkanes) is 49. The molecule has 0 aromatic heterocycles. The smallest absolute Gasteiger partial charge is 0.462 e. The first-order chi connectivity index (χ1) is 47.9. The predicted octanol–water partition coefficient (Wildman–Crippen LogP) is 23.9. The molecule has 0 aliphatic heterocycles. The lowest BCUT2D eigenvalue weighted by Crippen LogP contribution is -2.30. The summed E-state index contributed by atoms with van der Waals surface area (Å²) >= 11 is 0. The minimum absolute atomic E-state index is 0.107. The molecule has 0 rings (SSSR count). The van der Waals surface area contributed by atoms with Crippen LogP contribution in [0.25, 0.3) is 0 Å². The van der Waals surface area contributed by atoms with E-state index >= 15 is 0 Å². The maximum absolute atomic E-state index is 13.1. The Morgan fingerprint density at radius 2 is 0.465 bits per heavy atom. The summed E-state index contributed by atoms with van der Waals surface area (Å²) in [5, 5.41) is 10.6. The van der Waals surface area contributed by atoms with Gasteiger partial charge in [-0.25, -0.2) is 9.13 Å². The number of ether oxygens (including phenoxy) is 4. The fourth-order valence-corrected chi connectivity index (χ4v) is 13.9. The number of aliphatic hydroxyl groups excluding tert-OH is 1. The monoisotopic (exact) mass is 1450 g/mol. The van der Waals surface area contributed by atoms with Gasteiger partial charge in [-0.3, -0.25) is 37.3 Å². The second kappa shape index (κ2) is 71.7. The van der Waals surface area contributed by atoms with E-state index in [0.717, 1.165) is 108 Å². The summed E-state index contributed by atoms with van der Waals surface area (Å²) in [5.74, 6) is -0.532. The molecule has 99 heavy (non-hydrogen) atoms. The van der Waals surface area contributed by atoms with Gasteiger partial charge in [-0.1, -0.05) is 369 Å². The lowest BCUT2D eigenvalue weighted by Gasteiger charge is -2.21. The van der Waals surface area contributed by atoms with Crippen LogP contribution in [-0.2, 0) is 65.4 Å². The minimum atomic E-state index is -4.96. The zero-order valence-corrected chi connectivity index (χ0v) is 66.6. The van der Waals surface area contributed by atoms with Crippen LogP contribution in [0.3, 0.4) is 0 Å². The molecule has 588 valence electrons. The van der Waals surface area contributed by atoms with Gasteiger partial charge in [0.05, 0.1) is 26.4 Å². The largest absolute Gasteiger partial charge is 0.472 e. The summed E-state index contributed by atoms with van der Waals surface area (Å²) in [7, 11) is -9.91. The van der Waals surface area contributed by atoms with Crippen molar-refractivity contribution in [2.24, 2.45) is 11.8 Å². The molecular weight excluding hydrogens is 1290 g/mol. The van der Waals surface area contributed by atoms with Gasteiger partial charge in [-0.2, -0.15) is 0 Å². The SMILES string of the molecule is CCCCCCCCCCCCCCCCCCCCC(=O)OC[C@H](COP(=O)(O)OC[C@@H](O)COP(=O)(O)OC[C@@H](COC(=O)CCCCCCCCCC)OC(=O)CCCCCCCCCCCCCCC(C)C)OC(=O)CCCCCCCCCCCCCCCCCC(C)C. The topological polar surface area (TPSA) is 237 Å². The van der Waals surface area contributed by atoms with Crippen LogP contribution < -0.4 is 0 Å². The van der Waals surface area contributed by atoms with Crippen molar-refractivity contribution in [1.82, 2.24) is 0 Å². The van der Waals surface area contributed by atoms with Gasteiger partial charge in [0.15, 0.2) is 12.2 Å². The number of hydrogen-bond donors (Lipinski definition) is 3. The Morgan fingerprint density at radius 1 is 0.273 bits per heavy atom. The van der Waals surface area contributed by atoms with Crippen molar-refractivity contribution in [2.75, 3.05) is 39.6 Å². The zero-order chi connectivity index (χ0) is 72.8. The molecule has 0 aliphatic rings. The van der Waals surface area contributed by atoms with Crippen molar-refractivity contribution in [1.29, 1.82) is 0 Å². The van der Waals surface area contributed by atoms with E-state index in [4.69, 9.17) is 37.0 Å². The average Bonchev–Trinajstić information content (AvgIpc) is 1.000. The fourth-order valence-electron chi connectivity index (χ4n) is 12.4. The Kier molecular flexibility index (Phi) is 70.3. The highest BCUT2D eigenvalue weighted by Gasteiger charge is 2.30. The van der Waals surface area contributed by atoms with Crippen LogP contribution in [-0.4, -0.2) is 96.7 Å². The number of phosphoric ester groups is 2. The van der Waals surface area contributed by atoms with Crippen LogP contribution in [0, 0.1) is 11.8 Å². The maximum atomic E-state index is 13.1. The van der Waals surface area contributed by atoms with E-state index in [1.807, 2.05) is 0 Å². The number of carbonyl (C=O) groups excluding carboxylic acids is 4. The van der Waals surface area contributed by atoms with E-state index in [2.05, 4.69) is 41.5 Å². The van der Waals surface area contributed by atoms with Gasteiger partial charge in [0.2, 0.25) is 0 Å². The molecule has 0 saturated carbocycles. The Labute approximate surface area is 607 Å². The zero-order valence-electron chi connectivity index (χ0n) is 64.8. The minimum Gasteiger partial charge on any atom is -0.462 e. The van der Waals surface area contributed by atoms with Crippen molar-refractivity contribution in [3.05, 3.63) is 0 Å². The molecule has 0 heterocycles. The Morgan fingerprint density at radius 3 is 0.687 bits per heavy atom. The van der Waals surface area contributed by atoms with Crippen molar-refractivity contribution in [2.45, 2.75) is 439 Å². The molecule has 0 amide bonds. The molecule has 0 bridgehead atoms. The Hall–Kier alpha value is -1.94. The summed E-state index contributed by atoms with van der Waals surface area (Å²) in [6.45, 7) is 9.64. The highest BCUT2D eigenvalue weighted by molar-refractivity contribution is 7.47. The van der Waals surface area contributed by atoms with Gasteiger partial charge in [0.25, 0.3) is 0 Å². The molecule has 0 radical (unpaired) electrons. The normalized spacial score (nSPS) is 13.9. The van der Waals surface area contributed by atoms with Crippen LogP contribution in [0.4, 0.5) is 0 Å². The molecule has 0 aromatic rings. The third kappa shape index (κ3) is 74.1. The van der Waals surface area contributed by atoms with E-state index < -0.39 is 97.5 Å². The van der Waals surface area contributed by atoms with E-state index in [1.165, 1.54) is 231 Å². The number of carbonyl (C=O) groups is 4. The second-order valence-corrected chi connectivity index (χ2v) is 32.7. The second-order valence-electron chi connectivity index (χ2n) is 29.8. The number of phosphoric acid groups is 2. The standard InChI is InChI=1S/C80H156O17P2/c1-7-9-11-13-15-17-18-19-20-21-22-25-28-34-39-45-51-57-63-78(83)91-69-76(97-79(84)64-58-52-46-40-35-29-26-23-24-27-32-37-42-48-54-60-72(3)4)71-95-99(88,89)93-67-74(81)66-92-98(86,87)94-70-75(68-90-77(82)62-56-50-44-16-14-12-10-8-2)96-80(85)65-59-53-47-41-36-31-30-33-38-43-49-55-61-73(5)6/h72-76,81H,7-71H2,1-6H3,(H,86,87)(H,88,89)/t74-,75+,76+/m0/s1. The highest BCUT2D eigenvalue weighted by atomic mass is 31.2. The molecule has 5 atom stereocenters. The maximum Gasteiger partial charge on any atom is 0.472 e. The summed E-state index contributed by atoms with van der Waals surface area (Å²) < 4.78 is 68.6. The lowest BCUT2D eigenvalue weighted by atomic mass is 10.0. The lowest BCUT2D eigenvalue weighted by molar-refractivity contribution is -0.161. The van der Waals surface area contributed by atoms with Crippen LogP contribution in [0.2, 0.25) is 0 Å². The average molecular weight is 1450 g/mol. The van der Waals surface area contributed by atoms with Crippen molar-refractivity contribution in [3.8, 4) is 0 Å². The molecule has 0 aromatic carbocycles. The fraction of sp³-hybridized carbons (Fsp3) is 0.950. The van der Waals surface area contributed by atoms with Gasteiger partial charge in [-0.05, 0) is 37.5 Å². The summed E-state index contributed by atoms with van der Waals surface area (Å²) in [6, 6.07) is 0. The van der Waals surface area contributed by atoms with Crippen LogP contribution in [0.5, 0.6) is 0 Å². The van der Waals surface area contributed by atoms with Crippen molar-refractivity contribution in [3.63, 3.8) is 0 Å². The van der Waals surface area contributed by atoms with Gasteiger partial charge < -0.3 is 33.8 Å². The van der Waals surface area contributed by atoms with Gasteiger partial charge >= 0.3 is 39.5 Å². The van der Waals surface area contributed by atoms with Crippen LogP contribution in [0.15, 0.2) is 0 Å². The van der Waals surface area contributed by atoms with Crippen molar-refractivity contribution < 1.29 is 80.2 Å². The first-order valence-electron chi connectivity index (χ1n) is 41.5. The van der Waals surface area contributed by atoms with E-state index in [9.17, 15) is 43.2 Å². The van der Waals surface area contributed by atoms with Gasteiger partial charge in [-0.15, -0.1) is 0 Å². The summed E-state index contributed by atoms with van der Waals surface area (Å²) in [4.78, 5) is 72.9. The quantitative estimate of drug-likeness (QED) is 0.0222. The van der Waals surface area contributed by atoms with E-state index in [-0.39, 0.29) is 25.7 Å². The van der Waals surface area contributed by atoms with Crippen LogP contribution >= 0.6 is 15.6 Å². The van der Waals surface area contributed by atoms with E-state index in [0.29, 0.717) is 25.7 Å². The first-order valence-corrected chi connectivity index (χ1v) is 44.5. The van der Waals surface area contributed by atoms with Crippen LogP contribution in [0.1, 0.15) is 420 Å². The molecule has 19 heteroatoms. The third-order valence-electron chi connectivity index (χ3n) is 18.7. The molecule has 17 nitrogen and oxygen atoms in total. The van der Waals surface area contributed by atoms with Gasteiger partial charge in [0, 0.05) is 25.7 Å². The van der Waals surface area contributed by atoms with Gasteiger partial charge in [0.1, 0.15) is 19.3 Å². The van der Waals surface area contributed by atoms with Crippen molar-refractivity contribution >= 4 is 39.5 Å². The van der Waals surface area contributed by atoms with E-state index in [1.54, 1.807) is 0 Å². The predicted molar refractivity (Wildman–Crippen MR) is 405 cm³/mol. The molecule has 3 N–H and O–H groups in total. The molecule has 0 spiro atoms. The molecule has 0 aliphatic carbocycles. The third-order valence-corrected chi connectivity index (χ3v) is 20.6. The summed E-state index contributed by atoms with van der Waals surface area (Å²) in [5.41, 5.74) is 0. The Bertz CT molecular complexity index is 1910. The molecule has 0 fully saturated rings. The highest BCUT2D eigenvalue weighted by Crippen LogP contribution is 2.45. The molecule has 0 saturated heterocycles. The summed E-state index contributed by atoms with van der Waals surface area (Å²) in [6.07, 6.45) is 61.1. The number of esters is 4. The molecule has 2 unspecified atom stereocenters. The first kappa shape index (κ1) is 97.1. The number of rotatable bonds is 79.